The zero-order valence-corrected chi connectivity index (χ0v) is 11.1. The second-order valence-corrected chi connectivity index (χ2v) is 4.26. The van der Waals surface area contributed by atoms with Crippen LogP contribution in [0.5, 0.6) is 0 Å². The predicted octanol–water partition coefficient (Wildman–Crippen LogP) is 1.29. The van der Waals surface area contributed by atoms with Crippen molar-refractivity contribution in [1.82, 2.24) is 0 Å². The molecule has 0 aliphatic carbocycles. The van der Waals surface area contributed by atoms with Gasteiger partial charge in [0, 0.05) is 6.61 Å². The van der Waals surface area contributed by atoms with E-state index in [1.54, 1.807) is 0 Å². The molecule has 0 radical (unpaired) electrons. The van der Waals surface area contributed by atoms with Crippen LogP contribution in [0.1, 0.15) is 77.6 Å². The van der Waals surface area contributed by atoms with Crippen LogP contribution in [0, 0.1) is 0 Å². The third kappa shape index (κ3) is 16.9. The van der Waals surface area contributed by atoms with Crippen LogP contribution in [0.3, 0.4) is 0 Å². The highest BCUT2D eigenvalue weighted by molar-refractivity contribution is 4.47. The normalized spacial score (nSPS) is 10.0. The molecule has 2 heteroatoms. The summed E-state index contributed by atoms with van der Waals surface area (Å²) in [6.07, 6.45) is 14.8. The molecule has 0 atom stereocenters. The molecule has 0 aromatic carbocycles. The van der Waals surface area contributed by atoms with Crippen LogP contribution in [0.15, 0.2) is 0 Å². The van der Waals surface area contributed by atoms with E-state index in [4.69, 9.17) is 5.11 Å². The molecule has 0 unspecified atom stereocenters. The van der Waals surface area contributed by atoms with Crippen molar-refractivity contribution in [3.05, 3.63) is 0 Å². The van der Waals surface area contributed by atoms with Gasteiger partial charge in [-0.2, -0.15) is 0 Å². The first-order valence-corrected chi connectivity index (χ1v) is 6.52. The zero-order chi connectivity index (χ0) is 10.5. The molecule has 0 rings (SSSR count). The summed E-state index contributed by atoms with van der Waals surface area (Å²) in [5.74, 6) is 0. The molecule has 0 amide bonds. The Morgan fingerprint density at radius 2 is 0.933 bits per heavy atom. The third-order valence-corrected chi connectivity index (χ3v) is 2.76. The van der Waals surface area contributed by atoms with E-state index in [2.05, 4.69) is 6.92 Å². The summed E-state index contributed by atoms with van der Waals surface area (Å²) < 4.78 is 0. The lowest BCUT2D eigenvalue weighted by atomic mass is 10.1. The number of halogens is 1. The van der Waals surface area contributed by atoms with Crippen molar-refractivity contribution in [3.63, 3.8) is 0 Å². The summed E-state index contributed by atoms with van der Waals surface area (Å²) in [5, 5.41) is 8.59. The minimum Gasteiger partial charge on any atom is -1.00 e. The molecule has 0 aliphatic rings. The highest BCUT2D eigenvalue weighted by atomic mass is 35.5. The van der Waals surface area contributed by atoms with Crippen molar-refractivity contribution in [3.8, 4) is 0 Å². The second-order valence-electron chi connectivity index (χ2n) is 4.26. The molecule has 0 aliphatic heterocycles. The quantitative estimate of drug-likeness (QED) is 0.536. The van der Waals surface area contributed by atoms with E-state index in [-0.39, 0.29) is 12.4 Å². The van der Waals surface area contributed by atoms with Crippen LogP contribution in [0.25, 0.3) is 0 Å². The molecular formula is C13H28ClO-. The Morgan fingerprint density at radius 3 is 1.27 bits per heavy atom. The van der Waals surface area contributed by atoms with E-state index < -0.39 is 0 Å². The largest absolute Gasteiger partial charge is 1.00 e. The van der Waals surface area contributed by atoms with Crippen LogP contribution >= 0.6 is 0 Å². The molecule has 94 valence electrons. The Morgan fingerprint density at radius 1 is 0.600 bits per heavy atom. The second kappa shape index (κ2) is 16.7. The summed E-state index contributed by atoms with van der Waals surface area (Å²) in [7, 11) is 0. The number of aliphatic hydroxyl groups excluding tert-OH is 1. The minimum atomic E-state index is 0. The molecule has 15 heavy (non-hydrogen) atoms. The van der Waals surface area contributed by atoms with Crippen LogP contribution < -0.4 is 12.4 Å². The van der Waals surface area contributed by atoms with Crippen molar-refractivity contribution in [2.24, 2.45) is 0 Å². The van der Waals surface area contributed by atoms with Gasteiger partial charge >= 0.3 is 0 Å². The molecule has 0 fully saturated rings. The molecule has 1 N–H and O–H groups in total. The molecular weight excluding hydrogens is 208 g/mol. The number of aliphatic hydroxyl groups is 1. The summed E-state index contributed by atoms with van der Waals surface area (Å²) >= 11 is 0. The standard InChI is InChI=1S/C13H28O.ClH/c1-2-3-4-5-6-7-8-9-10-11-12-13-14;/h14H,2-13H2,1H3;1H/p-1. The van der Waals surface area contributed by atoms with Crippen LogP contribution in [-0.2, 0) is 0 Å². The number of hydrogen-bond donors (Lipinski definition) is 1. The number of unbranched alkanes of at least 4 members (excludes halogenated alkanes) is 10. The van der Waals surface area contributed by atoms with Gasteiger partial charge in [-0.3, -0.25) is 0 Å². The van der Waals surface area contributed by atoms with Gasteiger partial charge in [-0.15, -0.1) is 0 Å². The van der Waals surface area contributed by atoms with Crippen LogP contribution in [0.4, 0.5) is 0 Å². The van der Waals surface area contributed by atoms with Crippen LogP contribution in [0.2, 0.25) is 0 Å². The van der Waals surface area contributed by atoms with E-state index in [0.717, 1.165) is 6.42 Å². The topological polar surface area (TPSA) is 20.2 Å². The van der Waals surface area contributed by atoms with E-state index in [0.29, 0.717) is 6.61 Å². The maximum atomic E-state index is 8.59. The maximum Gasteiger partial charge on any atom is 0.0431 e. The highest BCUT2D eigenvalue weighted by Crippen LogP contribution is 2.10. The zero-order valence-electron chi connectivity index (χ0n) is 10.3. The monoisotopic (exact) mass is 235 g/mol. The Bertz CT molecular complexity index is 84.5. The van der Waals surface area contributed by atoms with Crippen molar-refractivity contribution in [2.45, 2.75) is 77.6 Å². The minimum absolute atomic E-state index is 0. The molecule has 0 spiro atoms. The van der Waals surface area contributed by atoms with Crippen LogP contribution in [-0.4, -0.2) is 11.7 Å². The van der Waals surface area contributed by atoms with Gasteiger partial charge in [0.2, 0.25) is 0 Å². The Balaban J connectivity index is 0. The average Bonchev–Trinajstić information content (AvgIpc) is 2.21. The fraction of sp³-hybridized carbons (Fsp3) is 1.00. The molecule has 0 bridgehead atoms. The van der Waals surface area contributed by atoms with Gasteiger partial charge in [0.25, 0.3) is 0 Å². The number of rotatable bonds is 11. The smallest absolute Gasteiger partial charge is 0.0431 e. The van der Waals surface area contributed by atoms with Crippen molar-refractivity contribution < 1.29 is 17.5 Å². The van der Waals surface area contributed by atoms with Gasteiger partial charge in [-0.05, 0) is 6.42 Å². The van der Waals surface area contributed by atoms with Crippen molar-refractivity contribution in [1.29, 1.82) is 0 Å². The molecule has 0 saturated heterocycles. The van der Waals surface area contributed by atoms with Crippen molar-refractivity contribution in [2.75, 3.05) is 6.61 Å². The molecule has 0 heterocycles. The molecule has 0 aromatic rings. The summed E-state index contributed by atoms with van der Waals surface area (Å²) in [4.78, 5) is 0. The fourth-order valence-corrected chi connectivity index (χ4v) is 1.78. The Labute approximate surface area is 102 Å². The first-order chi connectivity index (χ1) is 6.91. The average molecular weight is 236 g/mol. The van der Waals surface area contributed by atoms with Gasteiger partial charge in [0.05, 0.1) is 0 Å². The number of hydrogen-bond acceptors (Lipinski definition) is 1. The van der Waals surface area contributed by atoms with Gasteiger partial charge < -0.3 is 17.5 Å². The Hall–Kier alpha value is 0.250. The predicted molar refractivity (Wildman–Crippen MR) is 63.5 cm³/mol. The SMILES string of the molecule is CCCCCCCCCCCCCO.[Cl-]. The maximum absolute atomic E-state index is 8.59. The van der Waals surface area contributed by atoms with Gasteiger partial charge in [-0.25, -0.2) is 0 Å². The van der Waals surface area contributed by atoms with Crippen molar-refractivity contribution >= 4 is 0 Å². The van der Waals surface area contributed by atoms with E-state index in [1.165, 1.54) is 64.2 Å². The molecule has 0 saturated carbocycles. The first-order valence-electron chi connectivity index (χ1n) is 6.52. The lowest BCUT2D eigenvalue weighted by Gasteiger charge is -2.01. The van der Waals surface area contributed by atoms with Gasteiger partial charge in [0.15, 0.2) is 0 Å². The molecule has 1 nitrogen and oxygen atoms in total. The summed E-state index contributed by atoms with van der Waals surface area (Å²) in [6.45, 7) is 2.64. The molecule has 0 aromatic heterocycles. The summed E-state index contributed by atoms with van der Waals surface area (Å²) in [6, 6.07) is 0. The first kappa shape index (κ1) is 17.6. The van der Waals surface area contributed by atoms with Gasteiger partial charge in [0.1, 0.15) is 0 Å². The lowest BCUT2D eigenvalue weighted by molar-refractivity contribution is -0.00000430. The third-order valence-electron chi connectivity index (χ3n) is 2.76. The fourth-order valence-electron chi connectivity index (χ4n) is 1.78. The van der Waals surface area contributed by atoms with E-state index in [1.807, 2.05) is 0 Å². The van der Waals surface area contributed by atoms with Gasteiger partial charge in [-0.1, -0.05) is 71.1 Å². The van der Waals surface area contributed by atoms with E-state index >= 15 is 0 Å². The Kier molecular flexibility index (Phi) is 19.6. The lowest BCUT2D eigenvalue weighted by Crippen LogP contribution is -3.00. The van der Waals surface area contributed by atoms with E-state index in [9.17, 15) is 0 Å². The summed E-state index contributed by atoms with van der Waals surface area (Å²) in [5.41, 5.74) is 0. The highest BCUT2D eigenvalue weighted by Gasteiger charge is 1.91.